The van der Waals surface area contributed by atoms with Crippen LogP contribution in [0.25, 0.3) is 0 Å². The lowest BCUT2D eigenvalue weighted by atomic mass is 9.82. The first-order valence-electron chi connectivity index (χ1n) is 10.1. The van der Waals surface area contributed by atoms with E-state index in [0.717, 1.165) is 43.0 Å². The van der Waals surface area contributed by atoms with Gasteiger partial charge in [0.15, 0.2) is 5.96 Å². The smallest absolute Gasteiger partial charge is 0.251 e. The lowest BCUT2D eigenvalue weighted by Gasteiger charge is -2.22. The minimum Gasteiger partial charge on any atom is -0.357 e. The number of rotatable bonds is 5. The monoisotopic (exact) mass is 356 g/mol. The number of fused-ring (bicyclic) bond motifs is 1. The summed E-state index contributed by atoms with van der Waals surface area (Å²) in [6.45, 7) is 8.52. The molecule has 1 aliphatic heterocycles. The Morgan fingerprint density at radius 2 is 1.65 bits per heavy atom. The number of carbonyl (C=O) groups excluding carboxylic acids is 1. The number of nitrogens with zero attached hydrogens (tertiary/aromatic N) is 2. The maximum absolute atomic E-state index is 11.8. The number of benzene rings is 1. The molecule has 5 nitrogen and oxygen atoms in total. The molecule has 2 unspecified atom stereocenters. The lowest BCUT2D eigenvalue weighted by molar-refractivity contribution is 0.0956. The average Bonchev–Trinajstić information content (AvgIpc) is 3.09. The molecule has 2 aliphatic rings. The highest BCUT2D eigenvalue weighted by molar-refractivity contribution is 5.94. The van der Waals surface area contributed by atoms with Gasteiger partial charge in [0.25, 0.3) is 5.91 Å². The van der Waals surface area contributed by atoms with Gasteiger partial charge in [-0.05, 0) is 56.2 Å². The largest absolute Gasteiger partial charge is 0.357 e. The van der Waals surface area contributed by atoms with Crippen LogP contribution in [0.4, 0.5) is 0 Å². The summed E-state index contributed by atoms with van der Waals surface area (Å²) < 4.78 is 0. The number of amides is 1. The van der Waals surface area contributed by atoms with Crippen molar-refractivity contribution in [3.63, 3.8) is 0 Å². The molecule has 142 valence electrons. The highest BCUT2D eigenvalue weighted by Crippen LogP contribution is 2.35. The van der Waals surface area contributed by atoms with Gasteiger partial charge in [-0.1, -0.05) is 25.0 Å². The van der Waals surface area contributed by atoms with E-state index >= 15 is 0 Å². The fraction of sp³-hybridized carbons (Fsp3) is 0.619. The number of guanidine groups is 1. The number of nitrogens with one attached hydrogen (secondary N) is 2. The van der Waals surface area contributed by atoms with Crippen molar-refractivity contribution in [3.8, 4) is 0 Å². The van der Waals surface area contributed by atoms with E-state index in [2.05, 4.69) is 22.5 Å². The van der Waals surface area contributed by atoms with E-state index in [0.29, 0.717) is 18.7 Å². The molecule has 26 heavy (non-hydrogen) atoms. The SMILES string of the molecule is CCNC(=O)c1ccc(CN=C(NCC)N2CC3CCCCC3C2)cc1. The Morgan fingerprint density at radius 1 is 1.04 bits per heavy atom. The zero-order chi connectivity index (χ0) is 18.4. The zero-order valence-corrected chi connectivity index (χ0v) is 16.1. The maximum atomic E-state index is 11.8. The van der Waals surface area contributed by atoms with Crippen molar-refractivity contribution in [3.05, 3.63) is 35.4 Å². The van der Waals surface area contributed by atoms with Crippen LogP contribution < -0.4 is 10.6 Å². The van der Waals surface area contributed by atoms with Crippen LogP contribution in [-0.2, 0) is 6.54 Å². The van der Waals surface area contributed by atoms with Gasteiger partial charge in [0.05, 0.1) is 6.54 Å². The zero-order valence-electron chi connectivity index (χ0n) is 16.1. The Kier molecular flexibility index (Phi) is 6.53. The van der Waals surface area contributed by atoms with Crippen molar-refractivity contribution in [1.82, 2.24) is 15.5 Å². The molecule has 1 saturated carbocycles. The Bertz CT molecular complexity index is 611. The van der Waals surface area contributed by atoms with E-state index in [4.69, 9.17) is 4.99 Å². The fourth-order valence-electron chi connectivity index (χ4n) is 4.19. The van der Waals surface area contributed by atoms with Crippen LogP contribution in [0.1, 0.15) is 55.5 Å². The lowest BCUT2D eigenvalue weighted by Crippen LogP contribution is -2.40. The molecule has 1 aliphatic carbocycles. The molecule has 0 radical (unpaired) electrons. The molecule has 1 amide bonds. The van der Waals surface area contributed by atoms with Crippen LogP contribution >= 0.6 is 0 Å². The maximum Gasteiger partial charge on any atom is 0.251 e. The standard InChI is InChI=1S/C21H32N4O/c1-3-22-20(26)17-11-9-16(10-12-17)13-24-21(23-4-2)25-14-18-7-5-6-8-19(18)15-25/h9-12,18-19H,3-8,13-15H2,1-2H3,(H,22,26)(H,23,24). The van der Waals surface area contributed by atoms with Crippen LogP contribution in [-0.4, -0.2) is 42.9 Å². The third kappa shape index (κ3) is 4.57. The highest BCUT2D eigenvalue weighted by atomic mass is 16.1. The van der Waals surface area contributed by atoms with Gasteiger partial charge in [-0.2, -0.15) is 0 Å². The number of aliphatic imine (C=N–C) groups is 1. The molecule has 0 bridgehead atoms. The van der Waals surface area contributed by atoms with Crippen LogP contribution in [0.3, 0.4) is 0 Å². The van der Waals surface area contributed by atoms with Gasteiger partial charge in [0.2, 0.25) is 0 Å². The topological polar surface area (TPSA) is 56.7 Å². The predicted molar refractivity (Wildman–Crippen MR) is 106 cm³/mol. The third-order valence-corrected chi connectivity index (χ3v) is 5.58. The van der Waals surface area contributed by atoms with Crippen molar-refractivity contribution >= 4 is 11.9 Å². The van der Waals surface area contributed by atoms with E-state index in [-0.39, 0.29) is 5.91 Å². The van der Waals surface area contributed by atoms with Gasteiger partial charge in [0.1, 0.15) is 0 Å². The average molecular weight is 357 g/mol. The first kappa shape index (κ1) is 18.7. The molecule has 2 fully saturated rings. The van der Waals surface area contributed by atoms with Crippen LogP contribution in [0, 0.1) is 11.8 Å². The Labute approximate surface area is 157 Å². The molecular formula is C21H32N4O. The third-order valence-electron chi connectivity index (χ3n) is 5.58. The van der Waals surface area contributed by atoms with E-state index < -0.39 is 0 Å². The predicted octanol–water partition coefficient (Wildman–Crippen LogP) is 3.02. The number of likely N-dealkylation sites (tertiary alicyclic amines) is 1. The summed E-state index contributed by atoms with van der Waals surface area (Å²) in [6, 6.07) is 7.77. The first-order valence-corrected chi connectivity index (χ1v) is 10.1. The Balaban J connectivity index is 1.63. The van der Waals surface area contributed by atoms with Crippen molar-refractivity contribution in [1.29, 1.82) is 0 Å². The van der Waals surface area contributed by atoms with Crippen molar-refractivity contribution < 1.29 is 4.79 Å². The summed E-state index contributed by atoms with van der Waals surface area (Å²) in [5.74, 6) is 2.72. The van der Waals surface area contributed by atoms with Crippen molar-refractivity contribution in [2.24, 2.45) is 16.8 Å². The van der Waals surface area contributed by atoms with Gasteiger partial charge in [-0.15, -0.1) is 0 Å². The summed E-state index contributed by atoms with van der Waals surface area (Å²) in [5, 5.41) is 6.29. The Morgan fingerprint density at radius 3 is 2.23 bits per heavy atom. The summed E-state index contributed by atoms with van der Waals surface area (Å²) in [6.07, 6.45) is 5.53. The molecule has 2 N–H and O–H groups in total. The summed E-state index contributed by atoms with van der Waals surface area (Å²) in [7, 11) is 0. The van der Waals surface area contributed by atoms with Gasteiger partial charge in [0, 0.05) is 31.7 Å². The minimum absolute atomic E-state index is 0.0180. The second-order valence-corrected chi connectivity index (χ2v) is 7.44. The number of hydrogen-bond acceptors (Lipinski definition) is 2. The van der Waals surface area contributed by atoms with Crippen LogP contribution in [0.15, 0.2) is 29.3 Å². The molecule has 0 spiro atoms. The second-order valence-electron chi connectivity index (χ2n) is 7.44. The Hall–Kier alpha value is -2.04. The molecule has 1 aromatic rings. The van der Waals surface area contributed by atoms with Crippen LogP contribution in [0.5, 0.6) is 0 Å². The molecule has 5 heteroatoms. The highest BCUT2D eigenvalue weighted by Gasteiger charge is 2.35. The van der Waals surface area contributed by atoms with E-state index in [1.807, 2.05) is 31.2 Å². The molecule has 1 aromatic carbocycles. The van der Waals surface area contributed by atoms with E-state index in [1.165, 1.54) is 25.7 Å². The second kappa shape index (κ2) is 9.06. The van der Waals surface area contributed by atoms with Gasteiger partial charge < -0.3 is 15.5 Å². The molecule has 0 aromatic heterocycles. The molecule has 1 saturated heterocycles. The fourth-order valence-corrected chi connectivity index (χ4v) is 4.19. The van der Waals surface area contributed by atoms with Crippen molar-refractivity contribution in [2.75, 3.05) is 26.2 Å². The first-order chi connectivity index (χ1) is 12.7. The molecule has 2 atom stereocenters. The normalized spacial score (nSPS) is 22.8. The number of hydrogen-bond donors (Lipinski definition) is 2. The van der Waals surface area contributed by atoms with Crippen molar-refractivity contribution in [2.45, 2.75) is 46.1 Å². The van der Waals surface area contributed by atoms with Crippen LogP contribution in [0.2, 0.25) is 0 Å². The summed E-state index contributed by atoms with van der Waals surface area (Å²) >= 11 is 0. The quantitative estimate of drug-likeness (QED) is 0.630. The van der Waals surface area contributed by atoms with E-state index in [1.54, 1.807) is 0 Å². The van der Waals surface area contributed by atoms with Gasteiger partial charge >= 0.3 is 0 Å². The minimum atomic E-state index is -0.0180. The van der Waals surface area contributed by atoms with Gasteiger partial charge in [-0.25, -0.2) is 4.99 Å². The van der Waals surface area contributed by atoms with E-state index in [9.17, 15) is 4.79 Å². The summed E-state index contributed by atoms with van der Waals surface area (Å²) in [4.78, 5) is 19.2. The van der Waals surface area contributed by atoms with Gasteiger partial charge in [-0.3, -0.25) is 4.79 Å². The molecule has 3 rings (SSSR count). The molecular weight excluding hydrogens is 324 g/mol. The summed E-state index contributed by atoms with van der Waals surface area (Å²) in [5.41, 5.74) is 1.83. The number of carbonyl (C=O) groups is 1. The molecule has 1 heterocycles.